The maximum absolute atomic E-state index is 10.4. The fourth-order valence-electron chi connectivity index (χ4n) is 0.939. The second kappa shape index (κ2) is 2.71. The smallest absolute Gasteiger partial charge is 0.407 e. The fraction of sp³-hybridized carbons (Fsp3) is 0.833. The van der Waals surface area contributed by atoms with Crippen LogP contribution in [0.3, 0.4) is 0 Å². The third-order valence-electron chi connectivity index (χ3n) is 1.45. The molecule has 3 nitrogen and oxygen atoms in total. The lowest BCUT2D eigenvalue weighted by Gasteiger charge is -2.22. The molecule has 52 valence electrons. The van der Waals surface area contributed by atoms with E-state index in [1.54, 1.807) is 0 Å². The largest absolute Gasteiger partial charge is 0.465 e. The molecular formula is C6H11NO2. The van der Waals surface area contributed by atoms with Gasteiger partial charge in [0.1, 0.15) is 0 Å². The Hall–Kier alpha value is -0.730. The third-order valence-corrected chi connectivity index (χ3v) is 1.45. The number of carboxylic acid groups (broad SMARTS) is 1. The maximum atomic E-state index is 10.4. The first-order valence-corrected chi connectivity index (χ1v) is 3.13. The summed E-state index contributed by atoms with van der Waals surface area (Å²) in [6, 6.07) is 0. The Balaban J connectivity index is 2.47. The molecule has 1 N–H and O–H groups in total. The minimum Gasteiger partial charge on any atom is -0.465 e. The molecule has 1 fully saturated rings. The van der Waals surface area contributed by atoms with Gasteiger partial charge in [0.05, 0.1) is 0 Å². The Morgan fingerprint density at radius 2 is 2.33 bits per heavy atom. The fourth-order valence-corrected chi connectivity index (χ4v) is 0.939. The van der Waals surface area contributed by atoms with E-state index < -0.39 is 12.6 Å². The zero-order valence-corrected chi connectivity index (χ0v) is 5.21. The number of piperidine rings is 1. The SMILES string of the molecule is [2H]C1CCCCN1C(=O)O. The van der Waals surface area contributed by atoms with Crippen molar-refractivity contribution in [2.45, 2.75) is 19.3 Å². The molecule has 1 heterocycles. The van der Waals surface area contributed by atoms with Crippen LogP contribution in [0.25, 0.3) is 0 Å². The lowest BCUT2D eigenvalue weighted by Crippen LogP contribution is -2.34. The Bertz CT molecular complexity index is 140. The number of likely N-dealkylation sites (tertiary alicyclic amines) is 1. The van der Waals surface area contributed by atoms with E-state index in [1.165, 1.54) is 4.90 Å². The third kappa shape index (κ3) is 1.59. The average Bonchev–Trinajstić information content (AvgIpc) is 1.88. The first-order valence-electron chi connectivity index (χ1n) is 3.71. The predicted molar refractivity (Wildman–Crippen MR) is 33.4 cm³/mol. The molecule has 0 aromatic heterocycles. The van der Waals surface area contributed by atoms with Gasteiger partial charge in [-0.3, -0.25) is 0 Å². The van der Waals surface area contributed by atoms with Crippen LogP contribution in [0.15, 0.2) is 0 Å². The summed E-state index contributed by atoms with van der Waals surface area (Å²) in [5.74, 6) is 0. The topological polar surface area (TPSA) is 40.5 Å². The van der Waals surface area contributed by atoms with E-state index >= 15 is 0 Å². The van der Waals surface area contributed by atoms with Gasteiger partial charge in [-0.05, 0) is 19.3 Å². The van der Waals surface area contributed by atoms with Crippen LogP contribution >= 0.6 is 0 Å². The first-order chi connectivity index (χ1) is 4.72. The monoisotopic (exact) mass is 130 g/mol. The van der Waals surface area contributed by atoms with Crippen molar-refractivity contribution in [2.24, 2.45) is 0 Å². The summed E-state index contributed by atoms with van der Waals surface area (Å²) in [4.78, 5) is 11.6. The van der Waals surface area contributed by atoms with Crippen molar-refractivity contribution in [1.82, 2.24) is 4.90 Å². The lowest BCUT2D eigenvalue weighted by molar-refractivity contribution is 0.136. The maximum Gasteiger partial charge on any atom is 0.407 e. The summed E-state index contributed by atoms with van der Waals surface area (Å²) in [6.07, 6.45) is 1.62. The summed E-state index contributed by atoms with van der Waals surface area (Å²) < 4.78 is 7.30. The van der Waals surface area contributed by atoms with Crippen molar-refractivity contribution < 1.29 is 11.3 Å². The van der Waals surface area contributed by atoms with Crippen LogP contribution in [0.2, 0.25) is 0 Å². The number of carbonyl (C=O) groups is 1. The zero-order valence-electron chi connectivity index (χ0n) is 6.21. The normalized spacial score (nSPS) is 29.6. The number of hydrogen-bond acceptors (Lipinski definition) is 1. The zero-order chi connectivity index (χ0) is 7.56. The first kappa shape index (κ1) is 5.09. The van der Waals surface area contributed by atoms with Gasteiger partial charge >= 0.3 is 6.09 Å². The predicted octanol–water partition coefficient (Wildman–Crippen LogP) is 1.15. The molecule has 0 saturated carbocycles. The van der Waals surface area contributed by atoms with Crippen molar-refractivity contribution in [3.63, 3.8) is 0 Å². The standard InChI is InChI=1S/C6H11NO2/c8-6(9)7-4-2-1-3-5-7/h1-5H2,(H,8,9)/i4D. The molecule has 0 aliphatic carbocycles. The minimum atomic E-state index is -0.959. The highest BCUT2D eigenvalue weighted by molar-refractivity contribution is 5.64. The molecule has 0 bridgehead atoms. The van der Waals surface area contributed by atoms with Crippen molar-refractivity contribution >= 4 is 6.09 Å². The summed E-state index contributed by atoms with van der Waals surface area (Å²) in [5, 5.41) is 8.51. The van der Waals surface area contributed by atoms with E-state index in [0.29, 0.717) is 13.0 Å². The molecule has 1 aliphatic heterocycles. The molecule has 1 aliphatic rings. The summed E-state index contributed by atoms with van der Waals surface area (Å²) in [7, 11) is 0. The quantitative estimate of drug-likeness (QED) is 0.534. The summed E-state index contributed by atoms with van der Waals surface area (Å²) >= 11 is 0. The van der Waals surface area contributed by atoms with Crippen LogP contribution in [0.1, 0.15) is 20.6 Å². The van der Waals surface area contributed by atoms with Gasteiger partial charge in [0.25, 0.3) is 0 Å². The highest BCUT2D eigenvalue weighted by Crippen LogP contribution is 2.07. The van der Waals surface area contributed by atoms with Crippen molar-refractivity contribution in [3.8, 4) is 0 Å². The number of rotatable bonds is 0. The number of hydrogen-bond donors (Lipinski definition) is 1. The molecule has 1 unspecified atom stereocenters. The van der Waals surface area contributed by atoms with Gasteiger partial charge in [0.15, 0.2) is 0 Å². The molecule has 0 aromatic rings. The van der Waals surface area contributed by atoms with Crippen LogP contribution < -0.4 is 0 Å². The van der Waals surface area contributed by atoms with Gasteiger partial charge in [0, 0.05) is 14.4 Å². The Morgan fingerprint density at radius 3 is 2.78 bits per heavy atom. The Labute approximate surface area is 55.7 Å². The molecule has 0 aromatic carbocycles. The van der Waals surface area contributed by atoms with E-state index in [1.807, 2.05) is 0 Å². The number of amides is 1. The van der Waals surface area contributed by atoms with Crippen LogP contribution in [0.5, 0.6) is 0 Å². The highest BCUT2D eigenvalue weighted by Gasteiger charge is 2.13. The molecule has 3 heteroatoms. The minimum absolute atomic E-state index is 0.522. The average molecular weight is 130 g/mol. The Morgan fingerprint density at radius 1 is 1.56 bits per heavy atom. The molecule has 1 saturated heterocycles. The molecule has 1 amide bonds. The van der Waals surface area contributed by atoms with Crippen molar-refractivity contribution in [2.75, 3.05) is 13.1 Å². The van der Waals surface area contributed by atoms with E-state index in [2.05, 4.69) is 0 Å². The van der Waals surface area contributed by atoms with Gasteiger partial charge in [-0.15, -0.1) is 0 Å². The molecule has 9 heavy (non-hydrogen) atoms. The van der Waals surface area contributed by atoms with Crippen LogP contribution in [0, 0.1) is 0 Å². The molecule has 1 atom stereocenters. The van der Waals surface area contributed by atoms with Crippen LogP contribution in [-0.4, -0.2) is 29.2 Å². The molecule has 0 radical (unpaired) electrons. The highest BCUT2D eigenvalue weighted by atomic mass is 16.4. The second-order valence-corrected chi connectivity index (χ2v) is 2.15. The van der Waals surface area contributed by atoms with Gasteiger partial charge in [0.2, 0.25) is 0 Å². The molecular weight excluding hydrogens is 118 g/mol. The van der Waals surface area contributed by atoms with E-state index in [-0.39, 0.29) is 0 Å². The summed E-state index contributed by atoms with van der Waals surface area (Å²) in [5.41, 5.74) is 0. The van der Waals surface area contributed by atoms with Crippen molar-refractivity contribution in [1.29, 1.82) is 0 Å². The van der Waals surface area contributed by atoms with E-state index in [4.69, 9.17) is 6.48 Å². The number of nitrogens with zero attached hydrogens (tertiary/aromatic N) is 1. The van der Waals surface area contributed by atoms with Crippen LogP contribution in [-0.2, 0) is 0 Å². The van der Waals surface area contributed by atoms with Crippen LogP contribution in [0.4, 0.5) is 4.79 Å². The second-order valence-electron chi connectivity index (χ2n) is 2.15. The van der Waals surface area contributed by atoms with Gasteiger partial charge in [-0.25, -0.2) is 4.79 Å². The van der Waals surface area contributed by atoms with E-state index in [0.717, 1.165) is 12.8 Å². The van der Waals surface area contributed by atoms with E-state index in [9.17, 15) is 4.79 Å². The van der Waals surface area contributed by atoms with Gasteiger partial charge < -0.3 is 10.0 Å². The van der Waals surface area contributed by atoms with Gasteiger partial charge in [-0.2, -0.15) is 0 Å². The van der Waals surface area contributed by atoms with Crippen molar-refractivity contribution in [3.05, 3.63) is 0 Å². The van der Waals surface area contributed by atoms with Gasteiger partial charge in [-0.1, -0.05) is 0 Å². The molecule has 1 rings (SSSR count). The Kier molecular flexibility index (Phi) is 1.53. The summed E-state index contributed by atoms with van der Waals surface area (Å²) in [6.45, 7) is 0.00926. The molecule has 0 spiro atoms. The lowest BCUT2D eigenvalue weighted by atomic mass is 10.1.